The third kappa shape index (κ3) is 5.60. The molecule has 2 saturated heterocycles. The van der Waals surface area contributed by atoms with Gasteiger partial charge < -0.3 is 14.7 Å². The minimum atomic E-state index is -2.40. The van der Waals surface area contributed by atoms with E-state index in [1.165, 1.54) is 0 Å². The zero-order valence-corrected chi connectivity index (χ0v) is 19.2. The highest BCUT2D eigenvalue weighted by Crippen LogP contribution is 2.38. The monoisotopic (exact) mass is 460 g/mol. The van der Waals surface area contributed by atoms with E-state index in [4.69, 9.17) is 4.74 Å². The van der Waals surface area contributed by atoms with Gasteiger partial charge in [-0.3, -0.25) is 9.69 Å². The highest BCUT2D eigenvalue weighted by atomic mass is 19.3. The molecule has 2 aromatic carbocycles. The number of ether oxygens (including phenoxy) is 1. The number of morpholine rings is 1. The first-order valence-electron chi connectivity index (χ1n) is 11.5. The van der Waals surface area contributed by atoms with E-state index in [2.05, 4.69) is 0 Å². The predicted octanol–water partition coefficient (Wildman–Crippen LogP) is 4.47. The molecule has 0 bridgehead atoms. The van der Waals surface area contributed by atoms with E-state index in [0.717, 1.165) is 11.1 Å². The maximum absolute atomic E-state index is 13.2. The van der Waals surface area contributed by atoms with Gasteiger partial charge in [0, 0.05) is 33.2 Å². The van der Waals surface area contributed by atoms with Crippen LogP contribution < -0.4 is 0 Å². The molecule has 0 aliphatic carbocycles. The standard InChI is InChI=1S/C26H32F2N2O3.H2/c1-25(2,32)21-10-8-20(9-11-21)24(31)30-14-12-26(13-15-30)18-29(17-23(27)28)16-22(33-26)19-6-4-3-5-7-19;/h3-11,22-23,32H,12-18H2,1-2H3;1H. The van der Waals surface area contributed by atoms with Gasteiger partial charge in [-0.1, -0.05) is 42.5 Å². The number of hydrogen-bond donors (Lipinski definition) is 1. The molecule has 7 heteroatoms. The van der Waals surface area contributed by atoms with Crippen LogP contribution in [0.5, 0.6) is 0 Å². The highest BCUT2D eigenvalue weighted by Gasteiger charge is 2.44. The summed E-state index contributed by atoms with van der Waals surface area (Å²) in [6, 6.07) is 16.8. The summed E-state index contributed by atoms with van der Waals surface area (Å²) in [5.41, 5.74) is 0.802. The molecule has 2 aromatic rings. The van der Waals surface area contributed by atoms with E-state index in [0.29, 0.717) is 44.6 Å². The number of piperidine rings is 1. The van der Waals surface area contributed by atoms with Crippen molar-refractivity contribution in [1.82, 2.24) is 9.80 Å². The van der Waals surface area contributed by atoms with Crippen LogP contribution in [0.2, 0.25) is 0 Å². The Balaban J connectivity index is 0.00000324. The van der Waals surface area contributed by atoms with Crippen LogP contribution in [0.25, 0.3) is 0 Å². The fourth-order valence-corrected chi connectivity index (χ4v) is 4.85. The van der Waals surface area contributed by atoms with Crippen molar-refractivity contribution in [1.29, 1.82) is 0 Å². The molecule has 2 heterocycles. The first kappa shape index (κ1) is 23.8. The lowest BCUT2D eigenvalue weighted by atomic mass is 9.87. The summed E-state index contributed by atoms with van der Waals surface area (Å²) in [6.45, 7) is 5.04. The lowest BCUT2D eigenvalue weighted by Crippen LogP contribution is -2.58. The number of aliphatic hydroxyl groups is 1. The fourth-order valence-electron chi connectivity index (χ4n) is 4.85. The van der Waals surface area contributed by atoms with Crippen LogP contribution in [0.15, 0.2) is 54.6 Å². The maximum Gasteiger partial charge on any atom is 0.253 e. The minimum absolute atomic E-state index is 0. The number of carbonyl (C=O) groups is 1. The van der Waals surface area contributed by atoms with Gasteiger partial charge in [-0.05, 0) is 49.9 Å². The van der Waals surface area contributed by atoms with Crippen LogP contribution in [0, 0.1) is 0 Å². The van der Waals surface area contributed by atoms with Crippen LogP contribution in [0.3, 0.4) is 0 Å². The molecule has 1 amide bonds. The van der Waals surface area contributed by atoms with Gasteiger partial charge in [0.05, 0.1) is 23.9 Å². The van der Waals surface area contributed by atoms with Crippen molar-refractivity contribution in [2.45, 2.75) is 50.4 Å². The Hall–Kier alpha value is -2.35. The van der Waals surface area contributed by atoms with E-state index in [9.17, 15) is 18.7 Å². The van der Waals surface area contributed by atoms with Gasteiger partial charge in [0.2, 0.25) is 0 Å². The Morgan fingerprint density at radius 2 is 1.79 bits per heavy atom. The average molecular weight is 461 g/mol. The summed E-state index contributed by atoms with van der Waals surface area (Å²) in [7, 11) is 0. The zero-order chi connectivity index (χ0) is 23.6. The van der Waals surface area contributed by atoms with Crippen molar-refractivity contribution in [3.05, 3.63) is 71.3 Å². The van der Waals surface area contributed by atoms with Crippen molar-refractivity contribution >= 4 is 5.91 Å². The Kier molecular flexibility index (Phi) is 6.84. The fraction of sp³-hybridized carbons (Fsp3) is 0.500. The molecule has 4 rings (SSSR count). The Bertz CT molecular complexity index is 943. The lowest BCUT2D eigenvalue weighted by Gasteiger charge is -2.50. The van der Waals surface area contributed by atoms with Gasteiger partial charge in [-0.2, -0.15) is 0 Å². The van der Waals surface area contributed by atoms with E-state index in [1.807, 2.05) is 30.3 Å². The number of rotatable bonds is 5. The number of halogens is 2. The van der Waals surface area contributed by atoms with Crippen LogP contribution in [0.1, 0.15) is 55.7 Å². The Labute approximate surface area is 195 Å². The quantitative estimate of drug-likeness (QED) is 0.715. The van der Waals surface area contributed by atoms with Crippen molar-refractivity contribution in [2.75, 3.05) is 32.7 Å². The molecule has 1 atom stereocenters. The zero-order valence-electron chi connectivity index (χ0n) is 19.2. The second kappa shape index (κ2) is 9.49. The molecule has 0 radical (unpaired) electrons. The van der Waals surface area contributed by atoms with E-state index in [-0.39, 0.29) is 20.0 Å². The third-order valence-corrected chi connectivity index (χ3v) is 6.70. The second-order valence-corrected chi connectivity index (χ2v) is 9.71. The molecule has 33 heavy (non-hydrogen) atoms. The molecular weight excluding hydrogens is 426 g/mol. The third-order valence-electron chi connectivity index (χ3n) is 6.70. The van der Waals surface area contributed by atoms with Gasteiger partial charge in [-0.15, -0.1) is 0 Å². The molecular formula is C26H34F2N2O3. The molecule has 2 fully saturated rings. The largest absolute Gasteiger partial charge is 0.386 e. The minimum Gasteiger partial charge on any atom is -0.386 e. The number of amides is 1. The van der Waals surface area contributed by atoms with E-state index >= 15 is 0 Å². The normalized spacial score (nSPS) is 21.5. The summed E-state index contributed by atoms with van der Waals surface area (Å²) in [4.78, 5) is 16.6. The number of likely N-dealkylation sites (tertiary alicyclic amines) is 1. The molecule has 0 saturated carbocycles. The maximum atomic E-state index is 13.2. The van der Waals surface area contributed by atoms with Gasteiger partial charge >= 0.3 is 0 Å². The molecule has 1 spiro atoms. The van der Waals surface area contributed by atoms with Crippen molar-refractivity contribution < 1.29 is 24.8 Å². The smallest absolute Gasteiger partial charge is 0.253 e. The summed E-state index contributed by atoms with van der Waals surface area (Å²) < 4.78 is 33.0. The van der Waals surface area contributed by atoms with E-state index in [1.54, 1.807) is 47.9 Å². The van der Waals surface area contributed by atoms with Crippen LogP contribution >= 0.6 is 0 Å². The topological polar surface area (TPSA) is 53.0 Å². The summed E-state index contributed by atoms with van der Waals surface area (Å²) >= 11 is 0. The summed E-state index contributed by atoms with van der Waals surface area (Å²) in [6.07, 6.45) is -1.46. The SMILES string of the molecule is CC(C)(O)c1ccc(C(=O)N2CCC3(CC2)CN(CC(F)F)CC(c2ccccc2)O3)cc1.[HH]. The lowest BCUT2D eigenvalue weighted by molar-refractivity contribution is -0.180. The molecule has 0 aromatic heterocycles. The number of benzene rings is 2. The first-order valence-corrected chi connectivity index (χ1v) is 11.5. The Morgan fingerprint density at radius 1 is 1.15 bits per heavy atom. The van der Waals surface area contributed by atoms with Crippen molar-refractivity contribution in [3.8, 4) is 0 Å². The molecule has 2 aliphatic rings. The summed E-state index contributed by atoms with van der Waals surface area (Å²) in [5, 5.41) is 10.1. The van der Waals surface area contributed by atoms with Gasteiger partial charge in [0.15, 0.2) is 0 Å². The second-order valence-electron chi connectivity index (χ2n) is 9.71. The molecule has 180 valence electrons. The van der Waals surface area contributed by atoms with Crippen LogP contribution in [0.4, 0.5) is 8.78 Å². The molecule has 5 nitrogen and oxygen atoms in total. The summed E-state index contributed by atoms with van der Waals surface area (Å²) in [5.74, 6) is -0.0630. The Morgan fingerprint density at radius 3 is 2.36 bits per heavy atom. The van der Waals surface area contributed by atoms with Gasteiger partial charge in [0.25, 0.3) is 12.3 Å². The van der Waals surface area contributed by atoms with Crippen LogP contribution in [-0.4, -0.2) is 65.6 Å². The van der Waals surface area contributed by atoms with Gasteiger partial charge in [0.1, 0.15) is 0 Å². The van der Waals surface area contributed by atoms with E-state index < -0.39 is 17.6 Å². The van der Waals surface area contributed by atoms with Crippen LogP contribution in [-0.2, 0) is 10.3 Å². The number of carbonyl (C=O) groups excluding carboxylic acids is 1. The number of hydrogen-bond acceptors (Lipinski definition) is 4. The molecule has 1 N–H and O–H groups in total. The van der Waals surface area contributed by atoms with Gasteiger partial charge in [-0.25, -0.2) is 8.78 Å². The average Bonchev–Trinajstić information content (AvgIpc) is 2.78. The number of alkyl halides is 2. The first-order chi connectivity index (χ1) is 15.7. The highest BCUT2D eigenvalue weighted by molar-refractivity contribution is 5.94. The predicted molar refractivity (Wildman–Crippen MR) is 124 cm³/mol. The molecule has 1 unspecified atom stereocenters. The molecule has 2 aliphatic heterocycles. The van der Waals surface area contributed by atoms with Crippen molar-refractivity contribution in [2.24, 2.45) is 0 Å². The van der Waals surface area contributed by atoms with Crippen molar-refractivity contribution in [3.63, 3.8) is 0 Å². The number of nitrogens with zero attached hydrogens (tertiary/aromatic N) is 2.